The van der Waals surface area contributed by atoms with E-state index in [1.807, 2.05) is 0 Å². The van der Waals surface area contributed by atoms with Crippen LogP contribution in [0.2, 0.25) is 0 Å². The van der Waals surface area contributed by atoms with Gasteiger partial charge in [-0.15, -0.1) is 0 Å². The summed E-state index contributed by atoms with van der Waals surface area (Å²) in [5.41, 5.74) is 0.303. The first-order valence-corrected chi connectivity index (χ1v) is 7.69. The molecule has 116 valence electrons. The van der Waals surface area contributed by atoms with Crippen LogP contribution in [0, 0.1) is 17.3 Å². The van der Waals surface area contributed by atoms with Crippen molar-refractivity contribution in [2.75, 3.05) is 46.4 Å². The molecule has 0 rings (SSSR count). The lowest BCUT2D eigenvalue weighted by atomic mass is 9.92. The number of methoxy groups -OCH3 is 1. The molecule has 3 heteroatoms. The Balaban J connectivity index is 4.19. The number of hydrogen-bond donors (Lipinski definition) is 1. The van der Waals surface area contributed by atoms with Crippen LogP contribution in [-0.2, 0) is 4.74 Å². The minimum Gasteiger partial charge on any atom is -0.383 e. The van der Waals surface area contributed by atoms with E-state index in [0.29, 0.717) is 11.3 Å². The van der Waals surface area contributed by atoms with E-state index >= 15 is 0 Å². The predicted molar refractivity (Wildman–Crippen MR) is 84.6 cm³/mol. The molecule has 0 heterocycles. The molecule has 0 amide bonds. The van der Waals surface area contributed by atoms with E-state index < -0.39 is 0 Å². The van der Waals surface area contributed by atoms with E-state index in [1.54, 1.807) is 7.11 Å². The van der Waals surface area contributed by atoms with Gasteiger partial charge in [0.25, 0.3) is 0 Å². The average Bonchev–Trinajstić information content (AvgIpc) is 2.23. The third-order valence-electron chi connectivity index (χ3n) is 3.04. The Hall–Kier alpha value is -0.120. The average molecular weight is 272 g/mol. The molecule has 1 N–H and O–H groups in total. The van der Waals surface area contributed by atoms with Gasteiger partial charge in [-0.25, -0.2) is 0 Å². The fourth-order valence-electron chi connectivity index (χ4n) is 2.33. The van der Waals surface area contributed by atoms with Crippen LogP contribution in [0.1, 0.15) is 41.5 Å². The molecule has 0 saturated carbocycles. The van der Waals surface area contributed by atoms with Crippen molar-refractivity contribution in [2.24, 2.45) is 17.3 Å². The van der Waals surface area contributed by atoms with Crippen LogP contribution < -0.4 is 5.32 Å². The maximum absolute atomic E-state index is 5.22. The van der Waals surface area contributed by atoms with Gasteiger partial charge in [0, 0.05) is 33.3 Å². The van der Waals surface area contributed by atoms with Gasteiger partial charge in [0.1, 0.15) is 0 Å². The van der Waals surface area contributed by atoms with Crippen LogP contribution in [0.25, 0.3) is 0 Å². The number of rotatable bonds is 11. The molecule has 0 aromatic rings. The van der Waals surface area contributed by atoms with Crippen LogP contribution >= 0.6 is 0 Å². The highest BCUT2D eigenvalue weighted by Crippen LogP contribution is 2.17. The zero-order chi connectivity index (χ0) is 14.9. The molecule has 0 spiro atoms. The molecule has 0 aliphatic carbocycles. The highest BCUT2D eigenvalue weighted by Gasteiger charge is 2.22. The number of ether oxygens (including phenoxy) is 1. The zero-order valence-corrected chi connectivity index (χ0v) is 14.3. The fraction of sp³-hybridized carbons (Fsp3) is 1.00. The Labute approximate surface area is 121 Å². The SMILES string of the molecule is COCCN(CC(C)C)CC(C)(C)CNCC(C)C. The smallest absolute Gasteiger partial charge is 0.0589 e. The quantitative estimate of drug-likeness (QED) is 0.626. The summed E-state index contributed by atoms with van der Waals surface area (Å²) in [6, 6.07) is 0. The second kappa shape index (κ2) is 9.73. The third kappa shape index (κ3) is 11.4. The van der Waals surface area contributed by atoms with Crippen LogP contribution in [0.15, 0.2) is 0 Å². The number of nitrogens with one attached hydrogen (secondary N) is 1. The predicted octanol–water partition coefficient (Wildman–Crippen LogP) is 2.86. The second-order valence-electron chi connectivity index (χ2n) is 7.31. The van der Waals surface area contributed by atoms with Gasteiger partial charge in [-0.1, -0.05) is 41.5 Å². The van der Waals surface area contributed by atoms with Gasteiger partial charge in [0.2, 0.25) is 0 Å². The minimum atomic E-state index is 0.303. The van der Waals surface area contributed by atoms with Crippen molar-refractivity contribution in [1.82, 2.24) is 10.2 Å². The lowest BCUT2D eigenvalue weighted by Crippen LogP contribution is -2.43. The van der Waals surface area contributed by atoms with Crippen LogP contribution in [0.3, 0.4) is 0 Å². The van der Waals surface area contributed by atoms with Gasteiger partial charge in [0.15, 0.2) is 0 Å². The van der Waals surface area contributed by atoms with Crippen molar-refractivity contribution < 1.29 is 4.74 Å². The maximum Gasteiger partial charge on any atom is 0.0589 e. The van der Waals surface area contributed by atoms with E-state index in [4.69, 9.17) is 4.74 Å². The molecule has 0 saturated heterocycles. The van der Waals surface area contributed by atoms with Crippen molar-refractivity contribution >= 4 is 0 Å². The molecule has 0 unspecified atom stereocenters. The lowest BCUT2D eigenvalue weighted by molar-refractivity contribution is 0.108. The van der Waals surface area contributed by atoms with Crippen molar-refractivity contribution in [1.29, 1.82) is 0 Å². The van der Waals surface area contributed by atoms with Gasteiger partial charge in [-0.05, 0) is 23.8 Å². The first-order valence-electron chi connectivity index (χ1n) is 7.69. The maximum atomic E-state index is 5.22. The second-order valence-corrected chi connectivity index (χ2v) is 7.31. The summed E-state index contributed by atoms with van der Waals surface area (Å²) in [6.45, 7) is 20.1. The van der Waals surface area contributed by atoms with Crippen molar-refractivity contribution in [3.05, 3.63) is 0 Å². The zero-order valence-electron chi connectivity index (χ0n) is 14.3. The van der Waals surface area contributed by atoms with Crippen LogP contribution in [-0.4, -0.2) is 51.3 Å². The largest absolute Gasteiger partial charge is 0.383 e. The first kappa shape index (κ1) is 18.9. The summed E-state index contributed by atoms with van der Waals surface area (Å²) in [5.74, 6) is 1.42. The molecule has 0 bridgehead atoms. The van der Waals surface area contributed by atoms with Gasteiger partial charge in [0.05, 0.1) is 6.61 Å². The fourth-order valence-corrected chi connectivity index (χ4v) is 2.33. The summed E-state index contributed by atoms with van der Waals surface area (Å²) in [5, 5.41) is 3.58. The van der Waals surface area contributed by atoms with Gasteiger partial charge in [-0.2, -0.15) is 0 Å². The van der Waals surface area contributed by atoms with Gasteiger partial charge in [-0.3, -0.25) is 0 Å². The summed E-state index contributed by atoms with van der Waals surface area (Å²) in [7, 11) is 1.78. The standard InChI is InChI=1S/C16H36N2O/c1-14(2)10-17-12-16(5,6)13-18(8-9-19-7)11-15(3)4/h14-15,17H,8-13H2,1-7H3. The Bertz CT molecular complexity index is 215. The summed E-state index contributed by atoms with van der Waals surface area (Å²) >= 11 is 0. The normalized spacial score (nSPS) is 12.9. The monoisotopic (exact) mass is 272 g/mol. The summed E-state index contributed by atoms with van der Waals surface area (Å²) in [4.78, 5) is 2.53. The highest BCUT2D eigenvalue weighted by molar-refractivity contribution is 4.77. The van der Waals surface area contributed by atoms with Crippen LogP contribution in [0.5, 0.6) is 0 Å². The molecule has 3 nitrogen and oxygen atoms in total. The molecule has 0 atom stereocenters. The minimum absolute atomic E-state index is 0.303. The van der Waals surface area contributed by atoms with Crippen molar-refractivity contribution in [2.45, 2.75) is 41.5 Å². The molecule has 19 heavy (non-hydrogen) atoms. The molecule has 0 aliphatic rings. The van der Waals surface area contributed by atoms with E-state index in [-0.39, 0.29) is 0 Å². The van der Waals surface area contributed by atoms with Gasteiger partial charge >= 0.3 is 0 Å². The molecule has 0 aromatic heterocycles. The van der Waals surface area contributed by atoms with Crippen molar-refractivity contribution in [3.8, 4) is 0 Å². The van der Waals surface area contributed by atoms with E-state index in [1.165, 1.54) is 0 Å². The van der Waals surface area contributed by atoms with Gasteiger partial charge < -0.3 is 15.0 Å². The molecular weight excluding hydrogens is 236 g/mol. The topological polar surface area (TPSA) is 24.5 Å². The number of nitrogens with zero attached hydrogens (tertiary/aromatic N) is 1. The Morgan fingerprint density at radius 3 is 2.21 bits per heavy atom. The van der Waals surface area contributed by atoms with E-state index in [9.17, 15) is 0 Å². The Kier molecular flexibility index (Phi) is 9.67. The Morgan fingerprint density at radius 1 is 1.11 bits per heavy atom. The summed E-state index contributed by atoms with van der Waals surface area (Å²) < 4.78 is 5.22. The van der Waals surface area contributed by atoms with Crippen molar-refractivity contribution in [3.63, 3.8) is 0 Å². The third-order valence-corrected chi connectivity index (χ3v) is 3.04. The Morgan fingerprint density at radius 2 is 1.74 bits per heavy atom. The highest BCUT2D eigenvalue weighted by atomic mass is 16.5. The first-order chi connectivity index (χ1) is 8.76. The van der Waals surface area contributed by atoms with E-state index in [0.717, 1.165) is 45.2 Å². The molecule has 0 fully saturated rings. The summed E-state index contributed by atoms with van der Waals surface area (Å²) in [6.07, 6.45) is 0. The molecule has 0 aromatic carbocycles. The molecule has 0 aliphatic heterocycles. The number of hydrogen-bond acceptors (Lipinski definition) is 3. The molecule has 0 radical (unpaired) electrons. The molecular formula is C16H36N2O. The van der Waals surface area contributed by atoms with Crippen LogP contribution in [0.4, 0.5) is 0 Å². The van der Waals surface area contributed by atoms with E-state index in [2.05, 4.69) is 51.8 Å². The lowest BCUT2D eigenvalue weighted by Gasteiger charge is -2.34.